The lowest BCUT2D eigenvalue weighted by Crippen LogP contribution is -2.39. The van der Waals surface area contributed by atoms with Crippen molar-refractivity contribution in [2.45, 2.75) is 17.7 Å². The van der Waals surface area contributed by atoms with Crippen LogP contribution in [0.4, 0.5) is 8.78 Å². The molecule has 0 aromatic heterocycles. The SMILES string of the molecule is COc1ccc(C)cc1S(=O)(=O)NCC(F)(F)CO. The Morgan fingerprint density at radius 2 is 2.05 bits per heavy atom. The zero-order valence-electron chi connectivity index (χ0n) is 10.5. The van der Waals surface area contributed by atoms with Gasteiger partial charge in [0, 0.05) is 0 Å². The number of hydrogen-bond acceptors (Lipinski definition) is 4. The van der Waals surface area contributed by atoms with Crippen molar-refractivity contribution in [3.63, 3.8) is 0 Å². The number of ether oxygens (including phenoxy) is 1. The minimum atomic E-state index is -4.13. The number of aliphatic hydroxyl groups excluding tert-OH is 1. The summed E-state index contributed by atoms with van der Waals surface area (Å²) in [6, 6.07) is 4.40. The molecule has 5 nitrogen and oxygen atoms in total. The summed E-state index contributed by atoms with van der Waals surface area (Å²) in [5.41, 5.74) is 0.648. The summed E-state index contributed by atoms with van der Waals surface area (Å²) >= 11 is 0. The van der Waals surface area contributed by atoms with Gasteiger partial charge < -0.3 is 9.84 Å². The number of sulfonamides is 1. The van der Waals surface area contributed by atoms with E-state index in [1.165, 1.54) is 19.2 Å². The van der Waals surface area contributed by atoms with E-state index in [4.69, 9.17) is 9.84 Å². The van der Waals surface area contributed by atoms with Crippen molar-refractivity contribution in [1.82, 2.24) is 4.72 Å². The summed E-state index contributed by atoms with van der Waals surface area (Å²) in [5.74, 6) is -3.45. The van der Waals surface area contributed by atoms with E-state index in [2.05, 4.69) is 0 Å². The first-order valence-corrected chi connectivity index (χ1v) is 6.83. The maximum absolute atomic E-state index is 12.9. The van der Waals surface area contributed by atoms with Crippen LogP contribution in [0.2, 0.25) is 0 Å². The molecule has 8 heteroatoms. The van der Waals surface area contributed by atoms with E-state index in [1.807, 2.05) is 0 Å². The highest BCUT2D eigenvalue weighted by molar-refractivity contribution is 7.89. The topological polar surface area (TPSA) is 75.6 Å². The molecule has 0 saturated heterocycles. The molecule has 0 radical (unpaired) electrons. The number of halogens is 2. The van der Waals surface area contributed by atoms with Gasteiger partial charge in [0.15, 0.2) is 0 Å². The quantitative estimate of drug-likeness (QED) is 0.818. The lowest BCUT2D eigenvalue weighted by Gasteiger charge is -2.15. The Morgan fingerprint density at radius 3 is 2.58 bits per heavy atom. The molecule has 0 atom stereocenters. The minimum Gasteiger partial charge on any atom is -0.495 e. The highest BCUT2D eigenvalue weighted by Crippen LogP contribution is 2.25. The Morgan fingerprint density at radius 1 is 1.42 bits per heavy atom. The predicted octanol–water partition coefficient (Wildman–Crippen LogP) is 0.910. The zero-order chi connectivity index (χ0) is 14.7. The molecule has 19 heavy (non-hydrogen) atoms. The van der Waals surface area contributed by atoms with E-state index in [1.54, 1.807) is 17.7 Å². The molecule has 1 aromatic rings. The summed E-state index contributed by atoms with van der Waals surface area (Å²) in [4.78, 5) is -0.219. The first-order chi connectivity index (χ1) is 8.72. The second kappa shape index (κ2) is 5.81. The van der Waals surface area contributed by atoms with Crippen molar-refractivity contribution in [3.05, 3.63) is 23.8 Å². The summed E-state index contributed by atoms with van der Waals surface area (Å²) in [6.45, 7) is -0.940. The summed E-state index contributed by atoms with van der Waals surface area (Å²) in [5, 5.41) is 8.40. The maximum Gasteiger partial charge on any atom is 0.283 e. The second-order valence-corrected chi connectivity index (χ2v) is 5.73. The van der Waals surface area contributed by atoms with Gasteiger partial charge in [0.1, 0.15) is 17.3 Å². The van der Waals surface area contributed by atoms with Crippen LogP contribution in [0.15, 0.2) is 23.1 Å². The first-order valence-electron chi connectivity index (χ1n) is 5.35. The van der Waals surface area contributed by atoms with E-state index in [0.717, 1.165) is 0 Å². The van der Waals surface area contributed by atoms with Gasteiger partial charge in [0.2, 0.25) is 10.0 Å². The molecule has 108 valence electrons. The molecule has 0 aliphatic carbocycles. The van der Waals surface area contributed by atoms with Crippen molar-refractivity contribution in [1.29, 1.82) is 0 Å². The Bertz CT molecular complexity index is 546. The van der Waals surface area contributed by atoms with Gasteiger partial charge in [-0.05, 0) is 24.6 Å². The normalized spacial score (nSPS) is 12.5. The van der Waals surface area contributed by atoms with E-state index in [-0.39, 0.29) is 10.6 Å². The van der Waals surface area contributed by atoms with E-state index >= 15 is 0 Å². The van der Waals surface area contributed by atoms with E-state index < -0.39 is 29.1 Å². The van der Waals surface area contributed by atoms with E-state index in [9.17, 15) is 17.2 Å². The molecular weight excluding hydrogens is 280 g/mol. The summed E-state index contributed by atoms with van der Waals surface area (Å²) in [7, 11) is -2.85. The Hall–Kier alpha value is -1.25. The largest absolute Gasteiger partial charge is 0.495 e. The fraction of sp³-hybridized carbons (Fsp3) is 0.455. The summed E-state index contributed by atoms with van der Waals surface area (Å²) < 4.78 is 56.2. The average molecular weight is 295 g/mol. The second-order valence-electron chi connectivity index (χ2n) is 3.99. The van der Waals surface area contributed by atoms with Crippen LogP contribution < -0.4 is 9.46 Å². The molecule has 0 aliphatic rings. The number of benzene rings is 1. The van der Waals surface area contributed by atoms with Gasteiger partial charge >= 0.3 is 0 Å². The molecule has 2 N–H and O–H groups in total. The van der Waals surface area contributed by atoms with Gasteiger partial charge in [0.05, 0.1) is 13.7 Å². The third-order valence-corrected chi connectivity index (χ3v) is 3.78. The molecular formula is C11H15F2NO4S. The molecule has 1 aromatic carbocycles. The van der Waals surface area contributed by atoms with Crippen molar-refractivity contribution in [2.75, 3.05) is 20.3 Å². The highest BCUT2D eigenvalue weighted by atomic mass is 32.2. The van der Waals surface area contributed by atoms with Crippen molar-refractivity contribution < 1.29 is 27.0 Å². The average Bonchev–Trinajstić information content (AvgIpc) is 2.37. The minimum absolute atomic E-state index is 0.0606. The number of aliphatic hydroxyl groups is 1. The zero-order valence-corrected chi connectivity index (χ0v) is 11.3. The molecule has 0 heterocycles. The molecule has 0 saturated carbocycles. The van der Waals surface area contributed by atoms with Crippen LogP contribution >= 0.6 is 0 Å². The Kier molecular flexibility index (Phi) is 4.83. The van der Waals surface area contributed by atoms with Crippen LogP contribution in [0.25, 0.3) is 0 Å². The molecule has 0 unspecified atom stereocenters. The lowest BCUT2D eigenvalue weighted by atomic mass is 10.2. The van der Waals surface area contributed by atoms with Gasteiger partial charge in [-0.15, -0.1) is 0 Å². The lowest BCUT2D eigenvalue weighted by molar-refractivity contribution is -0.0437. The molecule has 0 amide bonds. The number of aryl methyl sites for hydroxylation is 1. The molecule has 0 aliphatic heterocycles. The predicted molar refractivity (Wildman–Crippen MR) is 65.0 cm³/mol. The van der Waals surface area contributed by atoms with Gasteiger partial charge in [0.25, 0.3) is 5.92 Å². The number of nitrogens with one attached hydrogen (secondary N) is 1. The fourth-order valence-electron chi connectivity index (χ4n) is 1.33. The standard InChI is InChI=1S/C11H15F2NO4S/c1-8-3-4-9(18-2)10(5-8)19(16,17)14-6-11(12,13)7-15/h3-5,14-15H,6-7H2,1-2H3. The number of hydrogen-bond donors (Lipinski definition) is 2. The van der Waals surface area contributed by atoms with Crippen LogP contribution in [0.5, 0.6) is 5.75 Å². The number of alkyl halides is 2. The van der Waals surface area contributed by atoms with Crippen molar-refractivity contribution in [2.24, 2.45) is 0 Å². The molecule has 0 spiro atoms. The van der Waals surface area contributed by atoms with E-state index in [0.29, 0.717) is 5.56 Å². The van der Waals surface area contributed by atoms with Gasteiger partial charge in [-0.25, -0.2) is 21.9 Å². The Labute approximate surface area is 110 Å². The Balaban J connectivity index is 3.04. The molecule has 0 fully saturated rings. The van der Waals surface area contributed by atoms with Crippen LogP contribution in [0.1, 0.15) is 5.56 Å². The van der Waals surface area contributed by atoms with Crippen molar-refractivity contribution >= 4 is 10.0 Å². The van der Waals surface area contributed by atoms with Crippen molar-refractivity contribution in [3.8, 4) is 5.75 Å². The van der Waals surface area contributed by atoms with Gasteiger partial charge in [-0.3, -0.25) is 0 Å². The third kappa shape index (κ3) is 4.12. The van der Waals surface area contributed by atoms with Crippen LogP contribution in [-0.4, -0.2) is 39.7 Å². The molecule has 1 rings (SSSR count). The van der Waals surface area contributed by atoms with Crippen LogP contribution in [0.3, 0.4) is 0 Å². The van der Waals surface area contributed by atoms with Gasteiger partial charge in [-0.1, -0.05) is 6.07 Å². The summed E-state index contributed by atoms with van der Waals surface area (Å²) in [6.07, 6.45) is 0. The fourth-order valence-corrected chi connectivity index (χ4v) is 2.64. The van der Waals surface area contributed by atoms with Gasteiger partial charge in [-0.2, -0.15) is 0 Å². The first kappa shape index (κ1) is 15.8. The molecule has 0 bridgehead atoms. The maximum atomic E-state index is 12.9. The highest BCUT2D eigenvalue weighted by Gasteiger charge is 2.31. The third-order valence-electron chi connectivity index (χ3n) is 2.36. The van der Waals surface area contributed by atoms with Crippen LogP contribution in [0, 0.1) is 6.92 Å². The monoisotopic (exact) mass is 295 g/mol. The van der Waals surface area contributed by atoms with Crippen LogP contribution in [-0.2, 0) is 10.0 Å². The number of rotatable bonds is 6. The number of methoxy groups -OCH3 is 1. The smallest absolute Gasteiger partial charge is 0.283 e.